The van der Waals surface area contributed by atoms with Crippen LogP contribution >= 0.6 is 22.7 Å². The van der Waals surface area contributed by atoms with E-state index in [1.54, 1.807) is 39.9 Å². The fourth-order valence-electron chi connectivity index (χ4n) is 6.14. The highest BCUT2D eigenvalue weighted by molar-refractivity contribution is 7.09. The smallest absolute Gasteiger partial charge is 0.410 e. The molecule has 4 aromatic rings. The van der Waals surface area contributed by atoms with E-state index in [2.05, 4.69) is 39.3 Å². The number of aryl methyl sites for hydroxylation is 1. The molecule has 2 aromatic carbocycles. The van der Waals surface area contributed by atoms with Crippen LogP contribution in [-0.2, 0) is 40.4 Å². The van der Waals surface area contributed by atoms with Crippen molar-refractivity contribution in [1.82, 2.24) is 35.3 Å². The predicted molar refractivity (Wildman–Crippen MR) is 212 cm³/mol. The van der Waals surface area contributed by atoms with Crippen LogP contribution in [0.2, 0.25) is 0 Å². The van der Waals surface area contributed by atoms with Gasteiger partial charge in [-0.15, -0.1) is 22.7 Å². The number of nitrogens with zero attached hydrogens (tertiary/aromatic N) is 5. The highest BCUT2D eigenvalue weighted by atomic mass is 32.1. The minimum atomic E-state index is -0.782. The second kappa shape index (κ2) is 20.9. The molecule has 2 aromatic heterocycles. The van der Waals surface area contributed by atoms with Crippen molar-refractivity contribution < 1.29 is 23.9 Å². The quantitative estimate of drug-likeness (QED) is 0.122. The van der Waals surface area contributed by atoms with Crippen molar-refractivity contribution in [3.63, 3.8) is 0 Å². The maximum atomic E-state index is 14.3. The molecule has 1 fully saturated rings. The summed E-state index contributed by atoms with van der Waals surface area (Å²) in [6.07, 6.45) is 2.71. The van der Waals surface area contributed by atoms with Crippen molar-refractivity contribution in [1.29, 1.82) is 0 Å². The Kier molecular flexibility index (Phi) is 15.8. The predicted octanol–water partition coefficient (Wildman–Crippen LogP) is 6.22. The van der Waals surface area contributed by atoms with Crippen LogP contribution in [0.1, 0.15) is 64.9 Å². The Balaban J connectivity index is 1.31. The van der Waals surface area contributed by atoms with E-state index in [0.29, 0.717) is 64.6 Å². The summed E-state index contributed by atoms with van der Waals surface area (Å²) in [4.78, 5) is 56.6. The number of thiazole rings is 2. The molecule has 14 heteroatoms. The average Bonchev–Trinajstić information content (AvgIpc) is 3.88. The van der Waals surface area contributed by atoms with E-state index in [4.69, 9.17) is 9.47 Å². The van der Waals surface area contributed by atoms with Gasteiger partial charge >= 0.3 is 12.1 Å². The topological polar surface area (TPSA) is 129 Å². The molecule has 0 aliphatic carbocycles. The number of ether oxygens (including phenoxy) is 2. The Morgan fingerprint density at radius 3 is 2.44 bits per heavy atom. The minimum absolute atomic E-state index is 0.137. The SMILES string of the molecule is Cc1ccccc1CN(CCC(Cc1ccccc1)NC(=O)C(CCN1CCOCC1)NC(=O)N(C)Cc1csc(C(C)C)n1)C(=O)OCc1cncs1. The number of nitrogens with one attached hydrogen (secondary N) is 2. The number of amides is 4. The van der Waals surface area contributed by atoms with E-state index in [0.717, 1.165) is 45.4 Å². The van der Waals surface area contributed by atoms with Crippen LogP contribution in [0.5, 0.6) is 0 Å². The van der Waals surface area contributed by atoms with Gasteiger partial charge in [0.1, 0.15) is 12.6 Å². The van der Waals surface area contributed by atoms with Crippen molar-refractivity contribution in [2.45, 2.75) is 77.7 Å². The number of aromatic nitrogens is 2. The first-order valence-corrected chi connectivity index (χ1v) is 20.3. The first kappa shape index (κ1) is 40.8. The number of benzene rings is 2. The van der Waals surface area contributed by atoms with Gasteiger partial charge in [-0.25, -0.2) is 14.6 Å². The summed E-state index contributed by atoms with van der Waals surface area (Å²) in [6.45, 7) is 10.9. The maximum absolute atomic E-state index is 14.3. The van der Waals surface area contributed by atoms with E-state index >= 15 is 0 Å². The van der Waals surface area contributed by atoms with Crippen LogP contribution in [0.15, 0.2) is 71.7 Å². The number of hydrogen-bond donors (Lipinski definition) is 2. The lowest BCUT2D eigenvalue weighted by Crippen LogP contribution is -2.54. The second-order valence-corrected chi connectivity index (χ2v) is 15.8. The molecular formula is C40H53N7O5S2. The fourth-order valence-corrected chi connectivity index (χ4v) is 7.47. The maximum Gasteiger partial charge on any atom is 0.410 e. The Morgan fingerprint density at radius 2 is 1.74 bits per heavy atom. The standard InChI is InChI=1S/C40H53N7O5S2/c1-29(2)38-43-34(27-53-38)25-45(4)39(49)44-36(15-16-46-18-20-51-21-19-46)37(48)42-33(22-31-11-6-5-7-12-31)14-17-47(24-32-13-9-8-10-30(32)3)40(50)52-26-35-23-41-28-54-35/h5-13,23,27-29,33,36H,14-22,24-26H2,1-4H3,(H,42,48)(H,44,49). The van der Waals surface area contributed by atoms with Crippen LogP contribution in [0.25, 0.3) is 0 Å². The van der Waals surface area contributed by atoms with Crippen LogP contribution in [0.3, 0.4) is 0 Å². The first-order valence-electron chi connectivity index (χ1n) is 18.6. The molecule has 2 unspecified atom stereocenters. The fraction of sp³-hybridized carbons (Fsp3) is 0.475. The van der Waals surface area contributed by atoms with Crippen LogP contribution < -0.4 is 10.6 Å². The molecule has 1 aliphatic rings. The van der Waals surface area contributed by atoms with Crippen LogP contribution in [0.4, 0.5) is 9.59 Å². The molecule has 3 heterocycles. The average molecular weight is 776 g/mol. The summed E-state index contributed by atoms with van der Waals surface area (Å²) in [5, 5.41) is 9.31. The minimum Gasteiger partial charge on any atom is -0.444 e. The number of rotatable bonds is 18. The lowest BCUT2D eigenvalue weighted by Gasteiger charge is -2.30. The normalized spacial score (nSPS) is 14.3. The number of morpholine rings is 1. The zero-order valence-electron chi connectivity index (χ0n) is 31.7. The second-order valence-electron chi connectivity index (χ2n) is 14.0. The first-order chi connectivity index (χ1) is 26.1. The number of hydrogen-bond acceptors (Lipinski definition) is 10. The number of carbonyl (C=O) groups is 3. The van der Waals surface area contributed by atoms with E-state index in [1.807, 2.05) is 66.9 Å². The third kappa shape index (κ3) is 12.9. The van der Waals surface area contributed by atoms with Gasteiger partial charge in [0, 0.05) is 63.3 Å². The molecule has 2 N–H and O–H groups in total. The molecule has 12 nitrogen and oxygen atoms in total. The van der Waals surface area contributed by atoms with E-state index in [1.165, 1.54) is 11.3 Å². The molecule has 0 bridgehead atoms. The van der Waals surface area contributed by atoms with Crippen molar-refractivity contribution in [2.24, 2.45) is 0 Å². The Bertz CT molecular complexity index is 1750. The summed E-state index contributed by atoms with van der Waals surface area (Å²) in [6, 6.07) is 16.5. The van der Waals surface area contributed by atoms with E-state index in [9.17, 15) is 14.4 Å². The van der Waals surface area contributed by atoms with Gasteiger partial charge in [0.25, 0.3) is 0 Å². The van der Waals surface area contributed by atoms with Gasteiger partial charge in [-0.05, 0) is 42.9 Å². The van der Waals surface area contributed by atoms with Gasteiger partial charge in [-0.2, -0.15) is 0 Å². The van der Waals surface area contributed by atoms with Gasteiger partial charge in [-0.3, -0.25) is 14.7 Å². The number of urea groups is 1. The third-order valence-electron chi connectivity index (χ3n) is 9.38. The molecular weight excluding hydrogens is 723 g/mol. The molecule has 54 heavy (non-hydrogen) atoms. The Labute approximate surface area is 326 Å². The van der Waals surface area contributed by atoms with Gasteiger partial charge in [0.15, 0.2) is 0 Å². The molecule has 2 atom stereocenters. The van der Waals surface area contributed by atoms with Crippen LogP contribution in [0, 0.1) is 6.92 Å². The summed E-state index contributed by atoms with van der Waals surface area (Å²) in [5.74, 6) is 0.0452. The van der Waals surface area contributed by atoms with E-state index in [-0.39, 0.29) is 24.6 Å². The zero-order valence-corrected chi connectivity index (χ0v) is 33.4. The molecule has 1 saturated heterocycles. The molecule has 0 spiro atoms. The van der Waals surface area contributed by atoms with E-state index < -0.39 is 12.1 Å². The van der Waals surface area contributed by atoms with Crippen molar-refractivity contribution in [3.05, 3.63) is 104 Å². The van der Waals surface area contributed by atoms with Crippen molar-refractivity contribution >= 4 is 40.7 Å². The largest absolute Gasteiger partial charge is 0.444 e. The van der Waals surface area contributed by atoms with Crippen molar-refractivity contribution in [2.75, 3.05) is 46.4 Å². The summed E-state index contributed by atoms with van der Waals surface area (Å²) in [5.41, 5.74) is 5.68. The number of carbonyl (C=O) groups excluding carboxylic acids is 3. The zero-order chi connectivity index (χ0) is 38.3. The van der Waals surface area contributed by atoms with Gasteiger partial charge in [-0.1, -0.05) is 68.4 Å². The molecule has 1 aliphatic heterocycles. The lowest BCUT2D eigenvalue weighted by atomic mass is 10.0. The Hall–Kier alpha value is -4.37. The summed E-state index contributed by atoms with van der Waals surface area (Å²) in [7, 11) is 1.72. The summed E-state index contributed by atoms with van der Waals surface area (Å²) >= 11 is 3.02. The van der Waals surface area contributed by atoms with Crippen molar-refractivity contribution in [3.8, 4) is 0 Å². The molecule has 4 amide bonds. The van der Waals surface area contributed by atoms with Gasteiger partial charge < -0.3 is 29.9 Å². The molecule has 0 saturated carbocycles. The highest BCUT2D eigenvalue weighted by Crippen LogP contribution is 2.20. The molecule has 0 radical (unpaired) electrons. The highest BCUT2D eigenvalue weighted by Gasteiger charge is 2.27. The van der Waals surface area contributed by atoms with Crippen LogP contribution in [-0.4, -0.2) is 101 Å². The Morgan fingerprint density at radius 1 is 0.981 bits per heavy atom. The van der Waals surface area contributed by atoms with Gasteiger partial charge in [0.05, 0.1) is 40.8 Å². The molecule has 290 valence electrons. The van der Waals surface area contributed by atoms with Gasteiger partial charge in [0.2, 0.25) is 5.91 Å². The summed E-state index contributed by atoms with van der Waals surface area (Å²) < 4.78 is 11.3. The molecule has 5 rings (SSSR count). The third-order valence-corrected chi connectivity index (χ3v) is 11.3. The lowest BCUT2D eigenvalue weighted by molar-refractivity contribution is -0.124. The monoisotopic (exact) mass is 775 g/mol.